The Morgan fingerprint density at radius 3 is 2.50 bits per heavy atom. The molecule has 2 heterocycles. The number of rotatable bonds is 4. The van der Waals surface area contributed by atoms with Crippen LogP contribution in [0, 0.1) is 0 Å². The maximum atomic E-state index is 13.1. The summed E-state index contributed by atoms with van der Waals surface area (Å²) in [7, 11) is 0. The van der Waals surface area contributed by atoms with Crippen LogP contribution in [0.4, 0.5) is 18.9 Å². The predicted octanol–water partition coefficient (Wildman–Crippen LogP) is 2.17. The summed E-state index contributed by atoms with van der Waals surface area (Å²) in [6.07, 6.45) is -9.06. The van der Waals surface area contributed by atoms with E-state index in [-0.39, 0.29) is 6.54 Å². The largest absolute Gasteiger partial charge is 0.416 e. The number of ether oxygens (including phenoxy) is 1. The van der Waals surface area contributed by atoms with E-state index in [1.54, 1.807) is 18.2 Å². The van der Waals surface area contributed by atoms with Crippen molar-refractivity contribution in [1.82, 2.24) is 0 Å². The second-order valence-electron chi connectivity index (χ2n) is 8.36. The molecule has 174 valence electrons. The van der Waals surface area contributed by atoms with E-state index in [4.69, 9.17) is 4.74 Å². The quantitative estimate of drug-likeness (QED) is 0.567. The normalized spacial score (nSPS) is 28.5. The number of halogens is 3. The van der Waals surface area contributed by atoms with Gasteiger partial charge in [0.05, 0.1) is 12.2 Å². The summed E-state index contributed by atoms with van der Waals surface area (Å²) in [6, 6.07) is 10.7. The molecule has 0 aliphatic carbocycles. The summed E-state index contributed by atoms with van der Waals surface area (Å²) >= 11 is 0. The lowest BCUT2D eigenvalue weighted by Crippen LogP contribution is -2.55. The summed E-state index contributed by atoms with van der Waals surface area (Å²) in [4.78, 5) is 1.99. The van der Waals surface area contributed by atoms with Crippen LogP contribution in [0.3, 0.4) is 0 Å². The average molecular weight is 453 g/mol. The third-order valence-electron chi connectivity index (χ3n) is 6.17. The van der Waals surface area contributed by atoms with E-state index in [9.17, 15) is 33.6 Å². The summed E-state index contributed by atoms with van der Waals surface area (Å²) in [5, 5.41) is 40.0. The Morgan fingerprint density at radius 1 is 1.00 bits per heavy atom. The number of anilines is 1. The summed E-state index contributed by atoms with van der Waals surface area (Å²) < 4.78 is 44.9. The van der Waals surface area contributed by atoms with Crippen molar-refractivity contribution in [3.8, 4) is 0 Å². The van der Waals surface area contributed by atoms with Gasteiger partial charge in [-0.2, -0.15) is 13.2 Å². The van der Waals surface area contributed by atoms with Crippen LogP contribution in [-0.4, -0.2) is 58.0 Å². The van der Waals surface area contributed by atoms with Gasteiger partial charge in [-0.15, -0.1) is 0 Å². The van der Waals surface area contributed by atoms with Crippen LogP contribution in [0.25, 0.3) is 0 Å². The molecular weight excluding hydrogens is 427 g/mol. The highest BCUT2D eigenvalue weighted by Gasteiger charge is 2.44. The average Bonchev–Trinajstić information content (AvgIpc) is 2.77. The van der Waals surface area contributed by atoms with E-state index in [1.165, 1.54) is 6.07 Å². The lowest BCUT2D eigenvalue weighted by atomic mass is 9.89. The van der Waals surface area contributed by atoms with E-state index < -0.39 is 48.9 Å². The molecular formula is C23H26F3NO5. The molecule has 2 aromatic rings. The molecule has 0 amide bonds. The second-order valence-corrected chi connectivity index (χ2v) is 8.36. The van der Waals surface area contributed by atoms with E-state index in [0.717, 1.165) is 36.2 Å². The molecule has 5 atom stereocenters. The fourth-order valence-electron chi connectivity index (χ4n) is 4.45. The van der Waals surface area contributed by atoms with Gasteiger partial charge in [-0.1, -0.05) is 24.3 Å². The molecule has 0 aromatic heterocycles. The van der Waals surface area contributed by atoms with Gasteiger partial charge in [-0.25, -0.2) is 0 Å². The zero-order chi connectivity index (χ0) is 23.0. The van der Waals surface area contributed by atoms with Crippen LogP contribution < -0.4 is 4.90 Å². The molecule has 4 rings (SSSR count). The number of hydrogen-bond acceptors (Lipinski definition) is 6. The predicted molar refractivity (Wildman–Crippen MR) is 110 cm³/mol. The van der Waals surface area contributed by atoms with Crippen molar-refractivity contribution in [3.05, 3.63) is 64.7 Å². The number of nitrogens with zero attached hydrogens (tertiary/aromatic N) is 1. The molecule has 1 saturated heterocycles. The van der Waals surface area contributed by atoms with Gasteiger partial charge in [0.2, 0.25) is 0 Å². The first-order valence-electron chi connectivity index (χ1n) is 10.5. The summed E-state index contributed by atoms with van der Waals surface area (Å²) in [5.74, 6) is 0. The third-order valence-corrected chi connectivity index (χ3v) is 6.17. The van der Waals surface area contributed by atoms with Gasteiger partial charge in [0.25, 0.3) is 0 Å². The van der Waals surface area contributed by atoms with Crippen LogP contribution in [-0.2, 0) is 23.9 Å². The Bertz CT molecular complexity index is 951. The number of aliphatic hydroxyl groups excluding tert-OH is 4. The number of alkyl halides is 3. The number of aryl methyl sites for hydroxylation is 1. The molecule has 2 aliphatic heterocycles. The molecule has 2 aromatic carbocycles. The van der Waals surface area contributed by atoms with Crippen molar-refractivity contribution in [1.29, 1.82) is 0 Å². The molecule has 0 bridgehead atoms. The molecule has 32 heavy (non-hydrogen) atoms. The van der Waals surface area contributed by atoms with Crippen molar-refractivity contribution in [2.24, 2.45) is 0 Å². The van der Waals surface area contributed by atoms with Crippen molar-refractivity contribution in [2.75, 3.05) is 18.1 Å². The van der Waals surface area contributed by atoms with Crippen molar-refractivity contribution in [2.45, 2.75) is 56.1 Å². The standard InChI is InChI=1S/C23H26F3NO5/c24-23(25,26)16-5-1-3-13(9-16)11-27-8-2-4-14-6-7-15(10-17(14)27)22-21(31)20(30)19(29)18(12-28)32-22/h1,3,5-7,9-10,18-22,28-31H,2,4,8,11-12H2/t18-,19-,20+,21-,22+/m1/s1. The monoisotopic (exact) mass is 453 g/mol. The molecule has 0 saturated carbocycles. The van der Waals surface area contributed by atoms with Crippen molar-refractivity contribution in [3.63, 3.8) is 0 Å². The van der Waals surface area contributed by atoms with Crippen molar-refractivity contribution < 1.29 is 38.3 Å². The molecule has 9 heteroatoms. The van der Waals surface area contributed by atoms with Crippen LogP contribution in [0.15, 0.2) is 42.5 Å². The molecule has 1 fully saturated rings. The smallest absolute Gasteiger partial charge is 0.394 e. The molecule has 6 nitrogen and oxygen atoms in total. The highest BCUT2D eigenvalue weighted by Crippen LogP contribution is 2.37. The maximum Gasteiger partial charge on any atom is 0.416 e. The first-order chi connectivity index (χ1) is 15.2. The third kappa shape index (κ3) is 4.49. The molecule has 0 spiro atoms. The zero-order valence-electron chi connectivity index (χ0n) is 17.2. The topological polar surface area (TPSA) is 93.4 Å². The number of hydrogen-bond donors (Lipinski definition) is 4. The Hall–Kier alpha value is -2.17. The maximum absolute atomic E-state index is 13.1. The van der Waals surface area contributed by atoms with Gasteiger partial charge in [0.1, 0.15) is 30.5 Å². The number of benzene rings is 2. The zero-order valence-corrected chi connectivity index (χ0v) is 17.2. The van der Waals surface area contributed by atoms with Crippen molar-refractivity contribution >= 4 is 5.69 Å². The lowest BCUT2D eigenvalue weighted by molar-refractivity contribution is -0.231. The molecule has 4 N–H and O–H groups in total. The minimum absolute atomic E-state index is 0.287. The Kier molecular flexibility index (Phi) is 6.46. The number of fused-ring (bicyclic) bond motifs is 1. The lowest BCUT2D eigenvalue weighted by Gasteiger charge is -2.41. The minimum atomic E-state index is -4.41. The van der Waals surface area contributed by atoms with Gasteiger partial charge in [0.15, 0.2) is 0 Å². The van der Waals surface area contributed by atoms with Gasteiger partial charge >= 0.3 is 6.18 Å². The highest BCUT2D eigenvalue weighted by molar-refractivity contribution is 5.58. The van der Waals surface area contributed by atoms with Crippen LogP contribution in [0.5, 0.6) is 0 Å². The summed E-state index contributed by atoms with van der Waals surface area (Å²) in [5.41, 5.74) is 2.24. The fourth-order valence-corrected chi connectivity index (χ4v) is 4.45. The Labute approximate surface area is 183 Å². The molecule has 0 radical (unpaired) electrons. The highest BCUT2D eigenvalue weighted by atomic mass is 19.4. The molecule has 0 unspecified atom stereocenters. The molecule has 2 aliphatic rings. The fraction of sp³-hybridized carbons (Fsp3) is 0.478. The van der Waals surface area contributed by atoms with E-state index >= 15 is 0 Å². The van der Waals surface area contributed by atoms with Crippen LogP contribution in [0.2, 0.25) is 0 Å². The Morgan fingerprint density at radius 2 is 1.78 bits per heavy atom. The van der Waals surface area contributed by atoms with Gasteiger partial charge in [-0.05, 0) is 47.7 Å². The van der Waals surface area contributed by atoms with Crippen LogP contribution >= 0.6 is 0 Å². The number of aliphatic hydroxyl groups is 4. The second kappa shape index (κ2) is 8.99. The van der Waals surface area contributed by atoms with E-state index in [0.29, 0.717) is 17.7 Å². The van der Waals surface area contributed by atoms with E-state index in [1.807, 2.05) is 11.0 Å². The first-order valence-corrected chi connectivity index (χ1v) is 10.5. The summed E-state index contributed by atoms with van der Waals surface area (Å²) in [6.45, 7) is 0.421. The van der Waals surface area contributed by atoms with Gasteiger partial charge in [-0.3, -0.25) is 0 Å². The van der Waals surface area contributed by atoms with Gasteiger partial charge < -0.3 is 30.1 Å². The van der Waals surface area contributed by atoms with Crippen LogP contribution in [0.1, 0.15) is 34.8 Å². The SMILES string of the molecule is OC[C@H]1O[C@@H](c2ccc3c(c2)N(Cc2cccc(C(F)(F)F)c2)CCC3)[C@H](O)[C@@H](O)[C@@H]1O. The minimum Gasteiger partial charge on any atom is -0.394 e. The first kappa shape index (κ1) is 23.0. The van der Waals surface area contributed by atoms with Gasteiger partial charge in [0, 0.05) is 18.8 Å². The Balaban J connectivity index is 1.62. The van der Waals surface area contributed by atoms with E-state index in [2.05, 4.69) is 0 Å².